The van der Waals surface area contributed by atoms with Crippen LogP contribution in [-0.2, 0) is 9.53 Å². The first kappa shape index (κ1) is 18.5. The van der Waals surface area contributed by atoms with E-state index in [0.717, 1.165) is 18.4 Å². The molecule has 0 saturated carbocycles. The van der Waals surface area contributed by atoms with E-state index in [0.29, 0.717) is 12.4 Å². The molecule has 0 bridgehead atoms. The van der Waals surface area contributed by atoms with E-state index in [1.54, 1.807) is 20.8 Å². The first-order valence-electron chi connectivity index (χ1n) is 8.12. The number of unbranched alkanes of at least 4 members (excludes halogenated alkanes) is 2. The van der Waals surface area contributed by atoms with Crippen LogP contribution in [0.4, 0.5) is 0 Å². The fourth-order valence-electron chi connectivity index (χ4n) is 2.21. The summed E-state index contributed by atoms with van der Waals surface area (Å²) >= 11 is 0. The van der Waals surface area contributed by atoms with Gasteiger partial charge in [-0.2, -0.15) is 0 Å². The van der Waals surface area contributed by atoms with E-state index < -0.39 is 5.60 Å². The van der Waals surface area contributed by atoms with Crippen molar-refractivity contribution in [1.29, 1.82) is 0 Å². The van der Waals surface area contributed by atoms with Gasteiger partial charge in [-0.05, 0) is 44.9 Å². The number of benzene rings is 1. The van der Waals surface area contributed by atoms with Crippen LogP contribution in [0.1, 0.15) is 65.0 Å². The average Bonchev–Trinajstić information content (AvgIpc) is 2.48. The predicted octanol–water partition coefficient (Wildman–Crippen LogP) is 3.99. The molecule has 0 aliphatic carbocycles. The largest absolute Gasteiger partial charge is 0.476 e. The van der Waals surface area contributed by atoms with E-state index in [1.807, 2.05) is 24.3 Å². The zero-order valence-corrected chi connectivity index (χ0v) is 14.2. The van der Waals surface area contributed by atoms with E-state index in [4.69, 9.17) is 15.2 Å². The van der Waals surface area contributed by atoms with Crippen molar-refractivity contribution in [1.82, 2.24) is 0 Å². The number of carbonyl (C=O) groups is 1. The number of hydrogen-bond acceptors (Lipinski definition) is 4. The lowest BCUT2D eigenvalue weighted by Gasteiger charge is -2.24. The Hall–Kier alpha value is -1.55. The normalized spacial score (nSPS) is 12.8. The van der Waals surface area contributed by atoms with Crippen molar-refractivity contribution in [2.75, 3.05) is 6.61 Å². The molecule has 1 atom stereocenters. The maximum atomic E-state index is 11.8. The van der Waals surface area contributed by atoms with Crippen LogP contribution < -0.4 is 10.5 Å². The summed E-state index contributed by atoms with van der Waals surface area (Å²) in [4.78, 5) is 11.8. The summed E-state index contributed by atoms with van der Waals surface area (Å²) in [5, 5.41) is 0. The molecule has 0 fully saturated rings. The van der Waals surface area contributed by atoms with E-state index in [1.165, 1.54) is 12.8 Å². The van der Waals surface area contributed by atoms with E-state index in [-0.39, 0.29) is 12.0 Å². The number of carbonyl (C=O) groups excluding carboxylic acids is 1. The summed E-state index contributed by atoms with van der Waals surface area (Å²) in [6.45, 7) is 7.72. The van der Waals surface area contributed by atoms with E-state index in [9.17, 15) is 4.79 Å². The fourth-order valence-corrected chi connectivity index (χ4v) is 2.21. The van der Waals surface area contributed by atoms with Crippen molar-refractivity contribution in [3.63, 3.8) is 0 Å². The molecule has 0 saturated heterocycles. The fraction of sp³-hybridized carbons (Fsp3) is 0.611. The molecule has 1 aromatic carbocycles. The standard InChI is InChI=1S/C18H29NO3/c1-5-7-8-9-16(19)14-10-12-15(13-11-14)22-18(3,4)17(20)21-6-2/h10-13,16H,5-9,19H2,1-4H3. The predicted molar refractivity (Wildman–Crippen MR) is 88.9 cm³/mol. The van der Waals surface area contributed by atoms with Crippen LogP contribution in [0.5, 0.6) is 5.75 Å². The van der Waals surface area contributed by atoms with Crippen LogP contribution in [0.2, 0.25) is 0 Å². The number of ether oxygens (including phenoxy) is 2. The Bertz CT molecular complexity index is 454. The van der Waals surface area contributed by atoms with Gasteiger partial charge in [0.05, 0.1) is 6.61 Å². The van der Waals surface area contributed by atoms with Gasteiger partial charge in [0.15, 0.2) is 5.60 Å². The van der Waals surface area contributed by atoms with Gasteiger partial charge >= 0.3 is 5.97 Å². The van der Waals surface area contributed by atoms with Crippen LogP contribution in [0.3, 0.4) is 0 Å². The first-order chi connectivity index (χ1) is 10.4. The molecular weight excluding hydrogens is 278 g/mol. The quantitative estimate of drug-likeness (QED) is 0.553. The Labute approximate surface area is 134 Å². The summed E-state index contributed by atoms with van der Waals surface area (Å²) in [7, 11) is 0. The number of rotatable bonds is 9. The molecule has 4 nitrogen and oxygen atoms in total. The highest BCUT2D eigenvalue weighted by molar-refractivity contribution is 5.79. The van der Waals surface area contributed by atoms with Crippen molar-refractivity contribution < 1.29 is 14.3 Å². The number of nitrogens with two attached hydrogens (primary N) is 1. The summed E-state index contributed by atoms with van der Waals surface area (Å²) in [6, 6.07) is 7.70. The molecule has 1 aromatic rings. The topological polar surface area (TPSA) is 61.5 Å². The zero-order valence-electron chi connectivity index (χ0n) is 14.2. The second kappa shape index (κ2) is 8.79. The summed E-state index contributed by atoms with van der Waals surface area (Å²) in [5.74, 6) is 0.276. The highest BCUT2D eigenvalue weighted by atomic mass is 16.6. The Kier molecular flexibility index (Phi) is 7.39. The molecule has 2 N–H and O–H groups in total. The maximum absolute atomic E-state index is 11.8. The molecule has 0 spiro atoms. The van der Waals surface area contributed by atoms with Crippen molar-refractivity contribution in [3.05, 3.63) is 29.8 Å². The van der Waals surface area contributed by atoms with E-state index >= 15 is 0 Å². The molecular formula is C18H29NO3. The molecule has 22 heavy (non-hydrogen) atoms. The van der Waals surface area contributed by atoms with Crippen LogP contribution in [-0.4, -0.2) is 18.2 Å². The van der Waals surface area contributed by atoms with Gasteiger partial charge in [0.25, 0.3) is 0 Å². The molecule has 0 radical (unpaired) electrons. The van der Waals surface area contributed by atoms with Gasteiger partial charge in [-0.25, -0.2) is 4.79 Å². The maximum Gasteiger partial charge on any atom is 0.349 e. The van der Waals surface area contributed by atoms with Gasteiger partial charge in [-0.3, -0.25) is 0 Å². The van der Waals surface area contributed by atoms with Crippen molar-refractivity contribution in [3.8, 4) is 5.75 Å². The average molecular weight is 307 g/mol. The molecule has 0 amide bonds. The third-order valence-corrected chi connectivity index (χ3v) is 3.57. The van der Waals surface area contributed by atoms with Crippen molar-refractivity contribution in [2.45, 2.75) is 65.0 Å². The smallest absolute Gasteiger partial charge is 0.349 e. The first-order valence-corrected chi connectivity index (χ1v) is 8.12. The summed E-state index contributed by atoms with van der Waals surface area (Å²) < 4.78 is 10.7. The van der Waals surface area contributed by atoms with Crippen LogP contribution in [0.25, 0.3) is 0 Å². The molecule has 4 heteroatoms. The van der Waals surface area contributed by atoms with Crippen molar-refractivity contribution >= 4 is 5.97 Å². The Morgan fingerprint density at radius 1 is 1.18 bits per heavy atom. The highest BCUT2D eigenvalue weighted by Gasteiger charge is 2.31. The third-order valence-electron chi connectivity index (χ3n) is 3.57. The lowest BCUT2D eigenvalue weighted by molar-refractivity contribution is -0.158. The Balaban J connectivity index is 2.62. The van der Waals surface area contributed by atoms with Crippen LogP contribution in [0, 0.1) is 0 Å². The van der Waals surface area contributed by atoms with Crippen LogP contribution >= 0.6 is 0 Å². The van der Waals surface area contributed by atoms with Gasteiger partial charge < -0.3 is 15.2 Å². The minimum Gasteiger partial charge on any atom is -0.476 e. The van der Waals surface area contributed by atoms with Gasteiger partial charge in [0.2, 0.25) is 0 Å². The lowest BCUT2D eigenvalue weighted by Crippen LogP contribution is -2.39. The number of hydrogen-bond donors (Lipinski definition) is 1. The molecule has 0 aliphatic rings. The van der Waals surface area contributed by atoms with Gasteiger partial charge in [0, 0.05) is 6.04 Å². The molecule has 1 rings (SSSR count). The zero-order chi connectivity index (χ0) is 16.6. The van der Waals surface area contributed by atoms with Crippen LogP contribution in [0.15, 0.2) is 24.3 Å². The minimum atomic E-state index is -0.999. The summed E-state index contributed by atoms with van der Waals surface area (Å²) in [5.41, 5.74) is 6.28. The third kappa shape index (κ3) is 5.68. The minimum absolute atomic E-state index is 0.0543. The monoisotopic (exact) mass is 307 g/mol. The number of esters is 1. The molecule has 0 aromatic heterocycles. The molecule has 0 heterocycles. The van der Waals surface area contributed by atoms with E-state index in [2.05, 4.69) is 6.92 Å². The molecule has 1 unspecified atom stereocenters. The van der Waals surface area contributed by atoms with Gasteiger partial charge in [0.1, 0.15) is 5.75 Å². The molecule has 0 aliphatic heterocycles. The Morgan fingerprint density at radius 2 is 1.82 bits per heavy atom. The summed E-state index contributed by atoms with van der Waals surface area (Å²) in [6.07, 6.45) is 4.54. The second-order valence-electron chi connectivity index (χ2n) is 6.00. The lowest BCUT2D eigenvalue weighted by atomic mass is 10.0. The van der Waals surface area contributed by atoms with Crippen molar-refractivity contribution in [2.24, 2.45) is 5.73 Å². The van der Waals surface area contributed by atoms with Gasteiger partial charge in [-0.1, -0.05) is 38.3 Å². The second-order valence-corrected chi connectivity index (χ2v) is 6.00. The van der Waals surface area contributed by atoms with Gasteiger partial charge in [-0.15, -0.1) is 0 Å². The SMILES string of the molecule is CCCCCC(N)c1ccc(OC(C)(C)C(=O)OCC)cc1. The molecule has 124 valence electrons. The highest BCUT2D eigenvalue weighted by Crippen LogP contribution is 2.23. The Morgan fingerprint density at radius 3 is 2.36 bits per heavy atom.